The largest absolute Gasteiger partial charge is 0.438 e. The van der Waals surface area contributed by atoms with Crippen molar-refractivity contribution in [2.45, 2.75) is 33.1 Å². The van der Waals surface area contributed by atoms with Crippen LogP contribution in [0.4, 0.5) is 5.95 Å². The number of hydrogen-bond donors (Lipinski definition) is 1. The predicted octanol–water partition coefficient (Wildman–Crippen LogP) is 4.11. The summed E-state index contributed by atoms with van der Waals surface area (Å²) in [7, 11) is 0. The predicted molar refractivity (Wildman–Crippen MR) is 81.4 cm³/mol. The summed E-state index contributed by atoms with van der Waals surface area (Å²) in [5, 5.41) is 0.262. The van der Waals surface area contributed by atoms with Gasteiger partial charge in [0.2, 0.25) is 11.8 Å². The molecule has 0 bridgehead atoms. The molecule has 0 aliphatic carbocycles. The zero-order valence-electron chi connectivity index (χ0n) is 12.1. The molecule has 2 rings (SSSR count). The van der Waals surface area contributed by atoms with Crippen LogP contribution in [0.1, 0.15) is 31.9 Å². The molecule has 0 amide bonds. The first kappa shape index (κ1) is 14.6. The molecule has 0 spiro atoms. The van der Waals surface area contributed by atoms with E-state index in [9.17, 15) is 0 Å². The Morgan fingerprint density at radius 3 is 2.45 bits per heavy atom. The van der Waals surface area contributed by atoms with E-state index in [-0.39, 0.29) is 16.5 Å². The van der Waals surface area contributed by atoms with Gasteiger partial charge in [-0.05, 0) is 24.0 Å². The van der Waals surface area contributed by atoms with Gasteiger partial charge in [-0.3, -0.25) is 0 Å². The first-order chi connectivity index (χ1) is 9.25. The quantitative estimate of drug-likeness (QED) is 0.846. The van der Waals surface area contributed by atoms with Crippen molar-refractivity contribution in [2.75, 3.05) is 5.73 Å². The fraction of sp³-hybridized carbons (Fsp3) is 0.333. The van der Waals surface area contributed by atoms with Crippen molar-refractivity contribution in [3.63, 3.8) is 0 Å². The van der Waals surface area contributed by atoms with Gasteiger partial charge in [-0.15, -0.1) is 0 Å². The summed E-state index contributed by atoms with van der Waals surface area (Å²) < 4.78 is 5.86. The number of benzene rings is 1. The van der Waals surface area contributed by atoms with Crippen LogP contribution >= 0.6 is 11.6 Å². The smallest absolute Gasteiger partial charge is 0.225 e. The van der Waals surface area contributed by atoms with E-state index in [2.05, 4.69) is 42.9 Å². The minimum Gasteiger partial charge on any atom is -0.438 e. The Hall–Kier alpha value is -1.81. The van der Waals surface area contributed by atoms with E-state index in [0.29, 0.717) is 5.88 Å². The summed E-state index contributed by atoms with van der Waals surface area (Å²) in [5.41, 5.74) is 7.75. The first-order valence-corrected chi connectivity index (χ1v) is 6.72. The van der Waals surface area contributed by atoms with E-state index in [0.717, 1.165) is 16.9 Å². The number of rotatable bonds is 2. The number of halogens is 1. The molecule has 0 unspecified atom stereocenters. The third-order valence-corrected chi connectivity index (χ3v) is 3.04. The van der Waals surface area contributed by atoms with E-state index in [1.165, 1.54) is 0 Å². The lowest BCUT2D eigenvalue weighted by atomic mass is 9.86. The third kappa shape index (κ3) is 3.39. The van der Waals surface area contributed by atoms with Gasteiger partial charge in [-0.2, -0.15) is 4.98 Å². The Labute approximate surface area is 124 Å². The molecule has 0 radical (unpaired) electrons. The highest BCUT2D eigenvalue weighted by atomic mass is 35.5. The van der Waals surface area contributed by atoms with E-state index in [4.69, 9.17) is 22.1 Å². The second-order valence-corrected chi connectivity index (χ2v) is 6.13. The molecular formula is C15H18ClN3O. The normalized spacial score (nSPS) is 11.4. The van der Waals surface area contributed by atoms with Gasteiger partial charge in [0.25, 0.3) is 0 Å². The lowest BCUT2D eigenvalue weighted by Crippen LogP contribution is -2.13. The maximum absolute atomic E-state index is 5.87. The Morgan fingerprint density at radius 1 is 1.15 bits per heavy atom. The minimum atomic E-state index is -0.0363. The fourth-order valence-corrected chi connectivity index (χ4v) is 2.09. The number of aromatic nitrogens is 2. The summed E-state index contributed by atoms with van der Waals surface area (Å²) in [6.07, 6.45) is 0. The highest BCUT2D eigenvalue weighted by Crippen LogP contribution is 2.34. The number of nitrogens with zero attached hydrogens (tertiary/aromatic N) is 2. The molecule has 0 aliphatic rings. The van der Waals surface area contributed by atoms with Crippen molar-refractivity contribution in [1.82, 2.24) is 9.97 Å². The van der Waals surface area contributed by atoms with Gasteiger partial charge in [-0.1, -0.05) is 44.5 Å². The molecule has 1 heterocycles. The zero-order valence-corrected chi connectivity index (χ0v) is 12.8. The van der Waals surface area contributed by atoms with Crippen LogP contribution in [0.3, 0.4) is 0 Å². The highest BCUT2D eigenvalue weighted by Gasteiger charge is 2.20. The summed E-state index contributed by atoms with van der Waals surface area (Å²) in [5.74, 6) is 1.20. The molecule has 0 aliphatic heterocycles. The number of nitrogen functional groups attached to an aromatic ring is 1. The number of anilines is 1. The van der Waals surface area contributed by atoms with E-state index in [1.807, 2.05) is 13.0 Å². The maximum atomic E-state index is 5.87. The van der Waals surface area contributed by atoms with Crippen molar-refractivity contribution < 1.29 is 4.74 Å². The average Bonchev–Trinajstić information content (AvgIpc) is 2.25. The lowest BCUT2D eigenvalue weighted by Gasteiger charge is -2.22. The minimum absolute atomic E-state index is 0.0363. The van der Waals surface area contributed by atoms with Crippen LogP contribution in [-0.2, 0) is 5.41 Å². The van der Waals surface area contributed by atoms with Crippen molar-refractivity contribution in [1.29, 1.82) is 0 Å². The standard InChI is InChI=1S/C15H18ClN3O/c1-9-5-6-10(15(2,3)4)11(7-9)20-13-8-12(16)18-14(17)19-13/h5-8H,1-4H3,(H2,17,18,19). The van der Waals surface area contributed by atoms with Crippen molar-refractivity contribution in [2.24, 2.45) is 0 Å². The second-order valence-electron chi connectivity index (χ2n) is 5.74. The van der Waals surface area contributed by atoms with Gasteiger partial charge in [0.1, 0.15) is 10.9 Å². The van der Waals surface area contributed by atoms with Crippen LogP contribution in [0.25, 0.3) is 0 Å². The maximum Gasteiger partial charge on any atom is 0.225 e. The van der Waals surface area contributed by atoms with Crippen molar-refractivity contribution in [3.05, 3.63) is 40.5 Å². The Kier molecular flexibility index (Phi) is 3.86. The van der Waals surface area contributed by atoms with Crippen LogP contribution in [0.5, 0.6) is 11.6 Å². The molecule has 1 aromatic carbocycles. The van der Waals surface area contributed by atoms with Crippen molar-refractivity contribution >= 4 is 17.5 Å². The van der Waals surface area contributed by atoms with E-state index < -0.39 is 0 Å². The summed E-state index contributed by atoms with van der Waals surface area (Å²) in [4.78, 5) is 7.86. The van der Waals surface area contributed by atoms with Gasteiger partial charge < -0.3 is 10.5 Å². The van der Waals surface area contributed by atoms with Gasteiger partial charge in [0.15, 0.2) is 0 Å². The molecule has 1 aromatic heterocycles. The average molecular weight is 292 g/mol. The van der Waals surface area contributed by atoms with E-state index in [1.54, 1.807) is 6.07 Å². The molecule has 2 aromatic rings. The van der Waals surface area contributed by atoms with Gasteiger partial charge in [0, 0.05) is 11.6 Å². The molecule has 0 atom stereocenters. The molecule has 5 heteroatoms. The van der Waals surface area contributed by atoms with Crippen LogP contribution < -0.4 is 10.5 Å². The first-order valence-electron chi connectivity index (χ1n) is 6.35. The SMILES string of the molecule is Cc1ccc(C(C)(C)C)c(Oc2cc(Cl)nc(N)n2)c1. The van der Waals surface area contributed by atoms with Crippen LogP contribution in [-0.4, -0.2) is 9.97 Å². The Bertz CT molecular complexity index is 615. The molecular weight excluding hydrogens is 274 g/mol. The molecule has 0 fully saturated rings. The topological polar surface area (TPSA) is 61.0 Å². The van der Waals surface area contributed by atoms with Crippen LogP contribution in [0, 0.1) is 6.92 Å². The monoisotopic (exact) mass is 291 g/mol. The van der Waals surface area contributed by atoms with Gasteiger partial charge in [-0.25, -0.2) is 4.98 Å². The zero-order chi connectivity index (χ0) is 14.9. The lowest BCUT2D eigenvalue weighted by molar-refractivity contribution is 0.439. The Balaban J connectivity index is 2.44. The van der Waals surface area contributed by atoms with Gasteiger partial charge in [0.05, 0.1) is 0 Å². The van der Waals surface area contributed by atoms with Crippen LogP contribution in [0.15, 0.2) is 24.3 Å². The summed E-state index contributed by atoms with van der Waals surface area (Å²) >= 11 is 5.87. The molecule has 0 saturated heterocycles. The summed E-state index contributed by atoms with van der Waals surface area (Å²) in [6, 6.07) is 7.66. The van der Waals surface area contributed by atoms with Crippen molar-refractivity contribution in [3.8, 4) is 11.6 Å². The number of nitrogens with two attached hydrogens (primary N) is 1. The third-order valence-electron chi connectivity index (χ3n) is 2.85. The van der Waals surface area contributed by atoms with E-state index >= 15 is 0 Å². The second kappa shape index (κ2) is 5.29. The van der Waals surface area contributed by atoms with Crippen LogP contribution in [0.2, 0.25) is 5.15 Å². The summed E-state index contributed by atoms with van der Waals surface area (Å²) in [6.45, 7) is 8.41. The fourth-order valence-electron chi connectivity index (χ4n) is 1.91. The molecule has 20 heavy (non-hydrogen) atoms. The molecule has 2 N–H and O–H groups in total. The molecule has 106 valence electrons. The highest BCUT2D eigenvalue weighted by molar-refractivity contribution is 6.29. The number of aryl methyl sites for hydroxylation is 1. The Morgan fingerprint density at radius 2 is 1.85 bits per heavy atom. The molecule has 0 saturated carbocycles. The number of ether oxygens (including phenoxy) is 1. The van der Waals surface area contributed by atoms with Gasteiger partial charge >= 0.3 is 0 Å². The number of hydrogen-bond acceptors (Lipinski definition) is 4. The molecule has 4 nitrogen and oxygen atoms in total.